The minimum atomic E-state index is 0.837. The lowest BCUT2D eigenvalue weighted by molar-refractivity contribution is 0.722. The molecule has 0 atom stereocenters. The molecule has 1 aliphatic carbocycles. The predicted molar refractivity (Wildman–Crippen MR) is 62.6 cm³/mol. The summed E-state index contributed by atoms with van der Waals surface area (Å²) in [5.41, 5.74) is 1.53. The summed E-state index contributed by atoms with van der Waals surface area (Å²) in [7, 11) is 1.95. The number of hydrogen-bond donors (Lipinski definition) is 1. The van der Waals surface area contributed by atoms with Crippen molar-refractivity contribution in [3.05, 3.63) is 29.8 Å². The van der Waals surface area contributed by atoms with E-state index in [9.17, 15) is 0 Å². The summed E-state index contributed by atoms with van der Waals surface area (Å²) in [6.07, 6.45) is 5.60. The summed E-state index contributed by atoms with van der Waals surface area (Å²) >= 11 is 1.68. The zero-order valence-electron chi connectivity index (χ0n) is 8.62. The van der Waals surface area contributed by atoms with Gasteiger partial charge >= 0.3 is 0 Å². The van der Waals surface area contributed by atoms with Crippen LogP contribution in [0.25, 0.3) is 0 Å². The second-order valence-corrected chi connectivity index (χ2v) is 4.94. The smallest absolute Gasteiger partial charge is 0.0228 e. The summed E-state index contributed by atoms with van der Waals surface area (Å²) in [6, 6.07) is 9.01. The van der Waals surface area contributed by atoms with Gasteiger partial charge in [-0.3, -0.25) is 4.72 Å². The minimum absolute atomic E-state index is 0.837. The Bertz CT molecular complexity index is 275. The van der Waals surface area contributed by atoms with Crippen LogP contribution in [0.15, 0.2) is 29.2 Å². The van der Waals surface area contributed by atoms with Crippen molar-refractivity contribution < 1.29 is 0 Å². The molecule has 0 unspecified atom stereocenters. The molecule has 2 rings (SSSR count). The molecule has 0 bridgehead atoms. The maximum absolute atomic E-state index is 3.09. The Labute approximate surface area is 90.4 Å². The van der Waals surface area contributed by atoms with Crippen molar-refractivity contribution in [2.75, 3.05) is 7.05 Å². The fourth-order valence-electron chi connectivity index (χ4n) is 2.19. The zero-order valence-corrected chi connectivity index (χ0v) is 9.44. The Hall–Kier alpha value is -0.470. The first-order valence-corrected chi connectivity index (χ1v) is 6.15. The van der Waals surface area contributed by atoms with Gasteiger partial charge < -0.3 is 0 Å². The van der Waals surface area contributed by atoms with Gasteiger partial charge in [-0.2, -0.15) is 0 Å². The molecule has 1 fully saturated rings. The first kappa shape index (κ1) is 10.1. The molecule has 0 heterocycles. The van der Waals surface area contributed by atoms with Crippen LogP contribution in [0.3, 0.4) is 0 Å². The topological polar surface area (TPSA) is 12.0 Å². The molecule has 1 aromatic rings. The molecule has 1 aromatic carbocycles. The Kier molecular flexibility index (Phi) is 3.49. The molecule has 14 heavy (non-hydrogen) atoms. The van der Waals surface area contributed by atoms with E-state index in [0.717, 1.165) is 5.92 Å². The summed E-state index contributed by atoms with van der Waals surface area (Å²) in [4.78, 5) is 1.30. The van der Waals surface area contributed by atoms with Gasteiger partial charge in [0.05, 0.1) is 0 Å². The Morgan fingerprint density at radius 3 is 2.36 bits per heavy atom. The highest BCUT2D eigenvalue weighted by Crippen LogP contribution is 2.34. The maximum atomic E-state index is 3.09. The second-order valence-electron chi connectivity index (χ2n) is 3.86. The third kappa shape index (κ3) is 2.31. The quantitative estimate of drug-likeness (QED) is 0.760. The molecule has 1 aliphatic rings. The predicted octanol–water partition coefficient (Wildman–Crippen LogP) is 3.57. The summed E-state index contributed by atoms with van der Waals surface area (Å²) in [6.45, 7) is 0. The van der Waals surface area contributed by atoms with Gasteiger partial charge in [-0.15, -0.1) is 0 Å². The summed E-state index contributed by atoms with van der Waals surface area (Å²) in [5, 5.41) is 0. The fourth-order valence-corrected chi connectivity index (χ4v) is 2.69. The molecule has 0 saturated heterocycles. The van der Waals surface area contributed by atoms with Crippen LogP contribution in [0.1, 0.15) is 37.2 Å². The number of nitrogens with one attached hydrogen (secondary N) is 1. The van der Waals surface area contributed by atoms with Gasteiger partial charge in [-0.05, 0) is 55.5 Å². The van der Waals surface area contributed by atoms with Gasteiger partial charge in [0.25, 0.3) is 0 Å². The molecule has 0 radical (unpaired) electrons. The first-order chi connectivity index (χ1) is 6.90. The van der Waals surface area contributed by atoms with E-state index >= 15 is 0 Å². The molecule has 0 aliphatic heterocycles. The lowest BCUT2D eigenvalue weighted by Crippen LogP contribution is -1.93. The van der Waals surface area contributed by atoms with Gasteiger partial charge in [-0.25, -0.2) is 0 Å². The van der Waals surface area contributed by atoms with E-state index in [-0.39, 0.29) is 0 Å². The molecular weight excluding hydrogens is 190 g/mol. The third-order valence-electron chi connectivity index (χ3n) is 2.93. The fraction of sp³-hybridized carbons (Fsp3) is 0.500. The van der Waals surface area contributed by atoms with Crippen molar-refractivity contribution >= 4 is 11.9 Å². The minimum Gasteiger partial charge on any atom is -0.263 e. The van der Waals surface area contributed by atoms with Gasteiger partial charge in [-0.1, -0.05) is 25.0 Å². The standard InChI is InChI=1S/C12H17NS/c1-13-14-12-8-6-11(7-9-12)10-4-2-3-5-10/h6-10,13H,2-5H2,1H3. The highest BCUT2D eigenvalue weighted by molar-refractivity contribution is 7.97. The van der Waals surface area contributed by atoms with Crippen molar-refractivity contribution in [2.24, 2.45) is 0 Å². The molecule has 0 aromatic heterocycles. The van der Waals surface area contributed by atoms with Gasteiger partial charge in [0, 0.05) is 4.90 Å². The molecule has 0 amide bonds. The summed E-state index contributed by atoms with van der Waals surface area (Å²) in [5.74, 6) is 0.837. The molecule has 0 spiro atoms. The van der Waals surface area contributed by atoms with E-state index in [0.29, 0.717) is 0 Å². The van der Waals surface area contributed by atoms with Crippen LogP contribution in [0.5, 0.6) is 0 Å². The largest absolute Gasteiger partial charge is 0.263 e. The normalized spacial score (nSPS) is 17.5. The number of rotatable bonds is 3. The Balaban J connectivity index is 2.05. The average molecular weight is 207 g/mol. The van der Waals surface area contributed by atoms with Crippen LogP contribution in [-0.4, -0.2) is 7.05 Å². The van der Waals surface area contributed by atoms with Crippen molar-refractivity contribution in [1.29, 1.82) is 0 Å². The number of hydrogen-bond acceptors (Lipinski definition) is 2. The van der Waals surface area contributed by atoms with E-state index in [1.165, 1.54) is 36.1 Å². The lowest BCUT2D eigenvalue weighted by atomic mass is 9.98. The highest BCUT2D eigenvalue weighted by Gasteiger charge is 2.16. The number of benzene rings is 1. The summed E-state index contributed by atoms with van der Waals surface area (Å²) < 4.78 is 3.09. The first-order valence-electron chi connectivity index (χ1n) is 5.33. The van der Waals surface area contributed by atoms with Crippen molar-refractivity contribution in [2.45, 2.75) is 36.5 Å². The van der Waals surface area contributed by atoms with E-state index in [2.05, 4.69) is 29.0 Å². The SMILES string of the molecule is CNSc1ccc(C2CCCC2)cc1. The molecule has 1 nitrogen and oxygen atoms in total. The third-order valence-corrected chi connectivity index (χ3v) is 3.64. The van der Waals surface area contributed by atoms with E-state index < -0.39 is 0 Å². The van der Waals surface area contributed by atoms with Gasteiger partial charge in [0.1, 0.15) is 0 Å². The molecule has 1 saturated carbocycles. The van der Waals surface area contributed by atoms with Crippen molar-refractivity contribution in [3.8, 4) is 0 Å². The van der Waals surface area contributed by atoms with E-state index in [1.54, 1.807) is 11.9 Å². The second kappa shape index (κ2) is 4.85. The van der Waals surface area contributed by atoms with Crippen LogP contribution >= 0.6 is 11.9 Å². The zero-order chi connectivity index (χ0) is 9.80. The molecule has 76 valence electrons. The van der Waals surface area contributed by atoms with Crippen LogP contribution in [0.4, 0.5) is 0 Å². The monoisotopic (exact) mass is 207 g/mol. The van der Waals surface area contributed by atoms with Crippen LogP contribution in [-0.2, 0) is 0 Å². The Morgan fingerprint density at radius 1 is 1.14 bits per heavy atom. The van der Waals surface area contributed by atoms with Gasteiger partial charge in [0.2, 0.25) is 0 Å². The highest BCUT2D eigenvalue weighted by atomic mass is 32.2. The Morgan fingerprint density at radius 2 is 1.79 bits per heavy atom. The molecular formula is C12H17NS. The van der Waals surface area contributed by atoms with Crippen molar-refractivity contribution in [1.82, 2.24) is 4.72 Å². The van der Waals surface area contributed by atoms with Gasteiger partial charge in [0.15, 0.2) is 0 Å². The molecule has 2 heteroatoms. The van der Waals surface area contributed by atoms with Crippen LogP contribution in [0.2, 0.25) is 0 Å². The van der Waals surface area contributed by atoms with Crippen molar-refractivity contribution in [3.63, 3.8) is 0 Å². The van der Waals surface area contributed by atoms with E-state index in [4.69, 9.17) is 0 Å². The maximum Gasteiger partial charge on any atom is 0.0228 e. The van der Waals surface area contributed by atoms with Crippen LogP contribution in [0, 0.1) is 0 Å². The van der Waals surface area contributed by atoms with Crippen LogP contribution < -0.4 is 4.72 Å². The molecule has 1 N–H and O–H groups in total. The van der Waals surface area contributed by atoms with E-state index in [1.807, 2.05) is 7.05 Å². The lowest BCUT2D eigenvalue weighted by Gasteiger charge is -2.09. The average Bonchev–Trinajstić information content (AvgIpc) is 2.72.